The fraction of sp³-hybridized carbons (Fsp3) is 0. The molecule has 27 heavy (non-hydrogen) atoms. The molecule has 0 aliphatic carbocycles. The summed E-state index contributed by atoms with van der Waals surface area (Å²) in [5.41, 5.74) is 1.67. The Morgan fingerprint density at radius 2 is 1.96 bits per heavy atom. The second kappa shape index (κ2) is 6.10. The van der Waals surface area contributed by atoms with Crippen LogP contribution in [-0.2, 0) is 0 Å². The van der Waals surface area contributed by atoms with Gasteiger partial charge in [0.15, 0.2) is 5.82 Å². The average Bonchev–Trinajstić information content (AvgIpc) is 3.35. The van der Waals surface area contributed by atoms with Gasteiger partial charge in [-0.3, -0.25) is 0 Å². The topological polar surface area (TPSA) is 66.5 Å². The highest BCUT2D eigenvalue weighted by molar-refractivity contribution is 7.18. The fourth-order valence-corrected chi connectivity index (χ4v) is 3.99. The van der Waals surface area contributed by atoms with Gasteiger partial charge in [0.25, 0.3) is 0 Å². The number of benzene rings is 2. The molecule has 0 aliphatic heterocycles. The number of fused-ring (bicyclic) bond motifs is 3. The Morgan fingerprint density at radius 3 is 2.78 bits per heavy atom. The third kappa shape index (κ3) is 2.61. The summed E-state index contributed by atoms with van der Waals surface area (Å²) in [7, 11) is 0. The third-order valence-electron chi connectivity index (χ3n) is 4.28. The van der Waals surface area contributed by atoms with Crippen LogP contribution in [0.15, 0.2) is 54.2 Å². The second-order valence-corrected chi connectivity index (χ2v) is 6.83. The minimum Gasteiger partial charge on any atom is -0.337 e. The lowest BCUT2D eigenvalue weighted by Gasteiger charge is -2.11. The van der Waals surface area contributed by atoms with Gasteiger partial charge in [0.05, 0.1) is 11.2 Å². The van der Waals surface area contributed by atoms with Crippen molar-refractivity contribution in [3.8, 4) is 11.4 Å². The molecular formula is C19H11F2N5S. The molecule has 0 atom stereocenters. The normalized spacial score (nSPS) is 11.3. The van der Waals surface area contributed by atoms with Crippen molar-refractivity contribution in [1.82, 2.24) is 20.2 Å². The Balaban J connectivity index is 1.76. The first-order chi connectivity index (χ1) is 13.2. The van der Waals surface area contributed by atoms with E-state index in [0.717, 1.165) is 27.1 Å². The zero-order chi connectivity index (χ0) is 18.4. The molecule has 0 aliphatic rings. The maximum atomic E-state index is 14.1. The Hall–Kier alpha value is -3.39. The molecule has 3 aromatic heterocycles. The van der Waals surface area contributed by atoms with Crippen molar-refractivity contribution in [3.63, 3.8) is 0 Å². The monoisotopic (exact) mass is 379 g/mol. The Kier molecular flexibility index (Phi) is 3.58. The molecule has 2 aromatic carbocycles. The van der Waals surface area contributed by atoms with Gasteiger partial charge in [-0.1, -0.05) is 12.1 Å². The summed E-state index contributed by atoms with van der Waals surface area (Å²) in [6.07, 6.45) is 1.50. The maximum absolute atomic E-state index is 14.1. The molecule has 0 amide bonds. The first-order valence-corrected chi connectivity index (χ1v) is 8.97. The largest absolute Gasteiger partial charge is 0.337 e. The van der Waals surface area contributed by atoms with Gasteiger partial charge in [0.1, 0.15) is 23.8 Å². The number of pyridine rings is 1. The van der Waals surface area contributed by atoms with Gasteiger partial charge >= 0.3 is 0 Å². The predicted molar refractivity (Wildman–Crippen MR) is 102 cm³/mol. The quantitative estimate of drug-likeness (QED) is 0.449. The summed E-state index contributed by atoms with van der Waals surface area (Å²) in [5, 5.41) is 14.7. The standard InChI is InChI=1S/C19H11F2N5S/c20-10-4-5-15(14(21)8-10)24-19-13-6-7-27-17(13)11-2-1-3-12(16(11)25-19)18-22-9-23-26-18/h1-9H,(H,24,25)(H,22,23,26). The Bertz CT molecular complexity index is 1280. The predicted octanol–water partition coefficient (Wildman–Crippen LogP) is 5.26. The molecule has 0 saturated carbocycles. The number of nitrogens with zero attached hydrogens (tertiary/aromatic N) is 3. The van der Waals surface area contributed by atoms with Crippen LogP contribution < -0.4 is 5.32 Å². The minimum absolute atomic E-state index is 0.160. The average molecular weight is 379 g/mol. The SMILES string of the molecule is Fc1ccc(Nc2nc3c(-c4nnc[nH]4)cccc3c3sccc23)c(F)c1. The van der Waals surface area contributed by atoms with Crippen molar-refractivity contribution < 1.29 is 8.78 Å². The maximum Gasteiger partial charge on any atom is 0.163 e. The van der Waals surface area contributed by atoms with Crippen LogP contribution in [0.1, 0.15) is 0 Å². The van der Waals surface area contributed by atoms with Gasteiger partial charge in [0, 0.05) is 27.1 Å². The van der Waals surface area contributed by atoms with E-state index in [-0.39, 0.29) is 5.69 Å². The number of halogens is 2. The minimum atomic E-state index is -0.677. The van der Waals surface area contributed by atoms with Crippen molar-refractivity contribution in [2.75, 3.05) is 5.32 Å². The summed E-state index contributed by atoms with van der Waals surface area (Å²) in [4.78, 5) is 7.73. The van der Waals surface area contributed by atoms with E-state index in [1.165, 1.54) is 18.5 Å². The van der Waals surface area contributed by atoms with Gasteiger partial charge in [-0.15, -0.1) is 21.5 Å². The van der Waals surface area contributed by atoms with Crippen LogP contribution in [0.3, 0.4) is 0 Å². The molecule has 5 nitrogen and oxygen atoms in total. The number of aromatic nitrogens is 4. The van der Waals surface area contributed by atoms with E-state index < -0.39 is 11.6 Å². The van der Waals surface area contributed by atoms with E-state index >= 15 is 0 Å². The van der Waals surface area contributed by atoms with Crippen molar-refractivity contribution in [2.45, 2.75) is 0 Å². The molecule has 0 bridgehead atoms. The van der Waals surface area contributed by atoms with Gasteiger partial charge in [-0.05, 0) is 29.6 Å². The highest BCUT2D eigenvalue weighted by Crippen LogP contribution is 2.37. The number of H-pyrrole nitrogens is 1. The number of hydrogen-bond acceptors (Lipinski definition) is 5. The van der Waals surface area contributed by atoms with Crippen LogP contribution in [0, 0.1) is 11.6 Å². The lowest BCUT2D eigenvalue weighted by molar-refractivity contribution is 0.586. The van der Waals surface area contributed by atoms with E-state index in [1.54, 1.807) is 11.3 Å². The van der Waals surface area contributed by atoms with E-state index in [2.05, 4.69) is 20.5 Å². The van der Waals surface area contributed by atoms with Crippen molar-refractivity contribution >= 4 is 43.8 Å². The summed E-state index contributed by atoms with van der Waals surface area (Å²) < 4.78 is 28.4. The molecule has 2 N–H and O–H groups in total. The first kappa shape index (κ1) is 15.8. The van der Waals surface area contributed by atoms with Gasteiger partial charge in [-0.25, -0.2) is 13.8 Å². The van der Waals surface area contributed by atoms with Crippen molar-refractivity contribution in [3.05, 3.63) is 65.8 Å². The molecular weight excluding hydrogens is 368 g/mol. The second-order valence-electron chi connectivity index (χ2n) is 5.91. The number of para-hydroxylation sites is 1. The lowest BCUT2D eigenvalue weighted by Crippen LogP contribution is -1.99. The zero-order valence-electron chi connectivity index (χ0n) is 13.7. The smallest absolute Gasteiger partial charge is 0.163 e. The number of anilines is 2. The Morgan fingerprint density at radius 1 is 1.04 bits per heavy atom. The molecule has 0 fully saturated rings. The summed E-state index contributed by atoms with van der Waals surface area (Å²) in [5.74, 6) is -0.208. The van der Waals surface area contributed by atoms with Crippen molar-refractivity contribution in [2.24, 2.45) is 0 Å². The summed E-state index contributed by atoms with van der Waals surface area (Å²) in [6, 6.07) is 11.2. The van der Waals surface area contributed by atoms with E-state index in [1.807, 2.05) is 29.6 Å². The molecule has 0 saturated heterocycles. The number of rotatable bonds is 3. The molecule has 0 radical (unpaired) electrons. The highest BCUT2D eigenvalue weighted by atomic mass is 32.1. The summed E-state index contributed by atoms with van der Waals surface area (Å²) in [6.45, 7) is 0. The number of hydrogen-bond donors (Lipinski definition) is 2. The molecule has 0 spiro atoms. The number of aromatic amines is 1. The molecule has 8 heteroatoms. The van der Waals surface area contributed by atoms with Gasteiger partial charge in [0.2, 0.25) is 0 Å². The zero-order valence-corrected chi connectivity index (χ0v) is 14.5. The molecule has 3 heterocycles. The van der Waals surface area contributed by atoms with Gasteiger partial charge < -0.3 is 10.3 Å². The van der Waals surface area contributed by atoms with Crippen LogP contribution in [0.4, 0.5) is 20.3 Å². The molecule has 132 valence electrons. The lowest BCUT2D eigenvalue weighted by atomic mass is 10.1. The van der Waals surface area contributed by atoms with Crippen LogP contribution in [0.2, 0.25) is 0 Å². The third-order valence-corrected chi connectivity index (χ3v) is 5.23. The number of thiophene rings is 1. The van der Waals surface area contributed by atoms with Crippen LogP contribution in [-0.4, -0.2) is 20.2 Å². The van der Waals surface area contributed by atoms with E-state index in [4.69, 9.17) is 4.98 Å². The van der Waals surface area contributed by atoms with E-state index in [9.17, 15) is 8.78 Å². The van der Waals surface area contributed by atoms with Gasteiger partial charge in [-0.2, -0.15) is 0 Å². The fourth-order valence-electron chi connectivity index (χ4n) is 3.07. The first-order valence-electron chi connectivity index (χ1n) is 8.09. The highest BCUT2D eigenvalue weighted by Gasteiger charge is 2.15. The van der Waals surface area contributed by atoms with E-state index in [0.29, 0.717) is 17.2 Å². The van der Waals surface area contributed by atoms with Crippen molar-refractivity contribution in [1.29, 1.82) is 0 Å². The molecule has 0 unspecified atom stereocenters. The number of nitrogens with one attached hydrogen (secondary N) is 2. The summed E-state index contributed by atoms with van der Waals surface area (Å²) >= 11 is 1.57. The molecule has 5 rings (SSSR count). The molecule has 5 aromatic rings. The van der Waals surface area contributed by atoms with Crippen LogP contribution in [0.5, 0.6) is 0 Å². The Labute approximate surface area is 155 Å². The van der Waals surface area contributed by atoms with Crippen LogP contribution >= 0.6 is 11.3 Å². The van der Waals surface area contributed by atoms with Crippen LogP contribution in [0.25, 0.3) is 32.4 Å².